The normalized spacial score (nSPS) is 11.8. The van der Waals surface area contributed by atoms with E-state index in [1.807, 2.05) is 31.1 Å². The van der Waals surface area contributed by atoms with Gasteiger partial charge in [-0.3, -0.25) is 14.5 Å². The summed E-state index contributed by atoms with van der Waals surface area (Å²) in [6, 6.07) is 13.6. The Morgan fingerprint density at radius 2 is 1.86 bits per heavy atom. The number of hydrogen-bond acceptors (Lipinski definition) is 6. The third-order valence-electron chi connectivity index (χ3n) is 4.19. The standard InChI is InChI=1S/C21H23N3O5/c1-24(2)17(18-8-4-10-27-18)13-22-20(25)14-29-16-7-3-6-15(12-16)23-21(26)19-9-5-11-28-19/h3-12,17H,13-14H2,1-2H3,(H,22,25)(H,23,26). The summed E-state index contributed by atoms with van der Waals surface area (Å²) in [6.07, 6.45) is 3.04. The van der Waals surface area contributed by atoms with Gasteiger partial charge in [-0.15, -0.1) is 0 Å². The smallest absolute Gasteiger partial charge is 0.291 e. The molecule has 0 aliphatic rings. The molecule has 0 aliphatic carbocycles. The van der Waals surface area contributed by atoms with Gasteiger partial charge in [-0.1, -0.05) is 6.07 Å². The number of carbonyl (C=O) groups is 2. The van der Waals surface area contributed by atoms with Gasteiger partial charge in [0.2, 0.25) is 0 Å². The van der Waals surface area contributed by atoms with Gasteiger partial charge in [0, 0.05) is 18.3 Å². The highest BCUT2D eigenvalue weighted by Gasteiger charge is 2.18. The number of benzene rings is 1. The lowest BCUT2D eigenvalue weighted by molar-refractivity contribution is -0.123. The quantitative estimate of drug-likeness (QED) is 0.576. The predicted octanol–water partition coefficient (Wildman–Crippen LogP) is 2.92. The summed E-state index contributed by atoms with van der Waals surface area (Å²) < 4.78 is 16.0. The number of hydrogen-bond donors (Lipinski definition) is 2. The first-order valence-electron chi connectivity index (χ1n) is 9.07. The molecule has 2 N–H and O–H groups in total. The second kappa shape index (κ2) is 9.61. The van der Waals surface area contributed by atoms with E-state index in [-0.39, 0.29) is 30.2 Å². The first kappa shape index (κ1) is 20.2. The van der Waals surface area contributed by atoms with Crippen LogP contribution in [0.5, 0.6) is 5.75 Å². The van der Waals surface area contributed by atoms with E-state index in [1.165, 1.54) is 6.26 Å². The van der Waals surface area contributed by atoms with Crippen LogP contribution in [0.15, 0.2) is 69.9 Å². The van der Waals surface area contributed by atoms with Crippen LogP contribution in [-0.4, -0.2) is 44.0 Å². The zero-order valence-corrected chi connectivity index (χ0v) is 16.3. The number of carbonyl (C=O) groups excluding carboxylic acids is 2. The molecule has 1 atom stereocenters. The molecule has 8 heteroatoms. The fourth-order valence-corrected chi connectivity index (χ4v) is 2.69. The molecule has 3 aromatic rings. The molecule has 1 aromatic carbocycles. The molecular formula is C21H23N3O5. The van der Waals surface area contributed by atoms with Crippen LogP contribution in [-0.2, 0) is 4.79 Å². The summed E-state index contributed by atoms with van der Waals surface area (Å²) in [5.74, 6) is 0.831. The summed E-state index contributed by atoms with van der Waals surface area (Å²) in [5, 5.41) is 5.55. The molecule has 0 saturated carbocycles. The first-order chi connectivity index (χ1) is 14.0. The Hall–Kier alpha value is -3.52. The van der Waals surface area contributed by atoms with Crippen LogP contribution in [0, 0.1) is 0 Å². The third kappa shape index (κ3) is 5.73. The van der Waals surface area contributed by atoms with Crippen LogP contribution in [0.4, 0.5) is 5.69 Å². The lowest BCUT2D eigenvalue weighted by atomic mass is 10.2. The van der Waals surface area contributed by atoms with Crippen molar-refractivity contribution in [3.8, 4) is 5.75 Å². The van der Waals surface area contributed by atoms with Gasteiger partial charge in [0.05, 0.1) is 18.6 Å². The number of amides is 2. The second-order valence-corrected chi connectivity index (χ2v) is 6.55. The van der Waals surface area contributed by atoms with Crippen LogP contribution >= 0.6 is 0 Å². The Morgan fingerprint density at radius 1 is 1.07 bits per heavy atom. The summed E-state index contributed by atoms with van der Waals surface area (Å²) in [7, 11) is 3.83. The van der Waals surface area contributed by atoms with Crippen molar-refractivity contribution in [1.29, 1.82) is 0 Å². The molecule has 0 spiro atoms. The molecule has 2 aromatic heterocycles. The number of ether oxygens (including phenoxy) is 1. The molecule has 0 bridgehead atoms. The highest BCUT2D eigenvalue weighted by Crippen LogP contribution is 2.19. The number of nitrogens with zero attached hydrogens (tertiary/aromatic N) is 1. The Morgan fingerprint density at radius 3 is 2.55 bits per heavy atom. The number of nitrogens with one attached hydrogen (secondary N) is 2. The molecule has 3 rings (SSSR count). The fraction of sp³-hybridized carbons (Fsp3) is 0.238. The maximum absolute atomic E-state index is 12.2. The highest BCUT2D eigenvalue weighted by atomic mass is 16.5. The number of anilines is 1. The molecule has 0 saturated heterocycles. The van der Waals surface area contributed by atoms with Gasteiger partial charge < -0.3 is 24.2 Å². The SMILES string of the molecule is CN(C)C(CNC(=O)COc1cccc(NC(=O)c2ccco2)c1)c1ccco1. The molecule has 8 nitrogen and oxygen atoms in total. The Balaban J connectivity index is 1.49. The average Bonchev–Trinajstić information content (AvgIpc) is 3.41. The van der Waals surface area contributed by atoms with Gasteiger partial charge in [0.15, 0.2) is 12.4 Å². The van der Waals surface area contributed by atoms with Gasteiger partial charge in [-0.2, -0.15) is 0 Å². The van der Waals surface area contributed by atoms with Gasteiger partial charge >= 0.3 is 0 Å². The monoisotopic (exact) mass is 397 g/mol. The molecule has 0 fully saturated rings. The van der Waals surface area contributed by atoms with Crippen LogP contribution in [0.3, 0.4) is 0 Å². The molecule has 0 radical (unpaired) electrons. The van der Waals surface area contributed by atoms with Gasteiger partial charge in [-0.05, 0) is 50.5 Å². The van der Waals surface area contributed by atoms with Crippen molar-refractivity contribution in [3.63, 3.8) is 0 Å². The first-order valence-corrected chi connectivity index (χ1v) is 9.07. The Labute approximate surface area is 168 Å². The molecule has 2 amide bonds. The van der Waals surface area contributed by atoms with Crippen molar-refractivity contribution in [3.05, 3.63) is 72.6 Å². The average molecular weight is 397 g/mol. The Kier molecular flexibility index (Phi) is 6.70. The van der Waals surface area contributed by atoms with Crippen molar-refractivity contribution in [2.45, 2.75) is 6.04 Å². The summed E-state index contributed by atoms with van der Waals surface area (Å²) in [5.41, 5.74) is 0.537. The van der Waals surface area contributed by atoms with E-state index in [0.717, 1.165) is 5.76 Å². The number of rotatable bonds is 9. The predicted molar refractivity (Wildman–Crippen MR) is 107 cm³/mol. The minimum atomic E-state index is -0.363. The van der Waals surface area contributed by atoms with Gasteiger partial charge in [-0.25, -0.2) is 0 Å². The minimum absolute atomic E-state index is 0.0749. The van der Waals surface area contributed by atoms with E-state index in [9.17, 15) is 9.59 Å². The van der Waals surface area contributed by atoms with E-state index in [1.54, 1.807) is 42.7 Å². The molecule has 1 unspecified atom stereocenters. The number of likely N-dealkylation sites (N-methyl/N-ethyl adjacent to an activating group) is 1. The topological polar surface area (TPSA) is 97.0 Å². The van der Waals surface area contributed by atoms with Crippen molar-refractivity contribution in [1.82, 2.24) is 10.2 Å². The minimum Gasteiger partial charge on any atom is -0.484 e. The Bertz CT molecular complexity index is 920. The van der Waals surface area contributed by atoms with Crippen LogP contribution < -0.4 is 15.4 Å². The summed E-state index contributed by atoms with van der Waals surface area (Å²) >= 11 is 0. The molecule has 0 aliphatic heterocycles. The maximum atomic E-state index is 12.2. The van der Waals surface area contributed by atoms with Gasteiger partial charge in [0.1, 0.15) is 11.5 Å². The molecular weight excluding hydrogens is 374 g/mol. The molecule has 29 heavy (non-hydrogen) atoms. The lowest BCUT2D eigenvalue weighted by Crippen LogP contribution is -2.36. The van der Waals surface area contributed by atoms with E-state index >= 15 is 0 Å². The second-order valence-electron chi connectivity index (χ2n) is 6.55. The van der Waals surface area contributed by atoms with Crippen LogP contribution in [0.2, 0.25) is 0 Å². The van der Waals surface area contributed by atoms with Crippen LogP contribution in [0.25, 0.3) is 0 Å². The zero-order chi connectivity index (χ0) is 20.6. The largest absolute Gasteiger partial charge is 0.484 e. The third-order valence-corrected chi connectivity index (χ3v) is 4.19. The summed E-state index contributed by atoms with van der Waals surface area (Å²) in [4.78, 5) is 26.2. The van der Waals surface area contributed by atoms with E-state index in [2.05, 4.69) is 10.6 Å². The molecule has 152 valence electrons. The van der Waals surface area contributed by atoms with E-state index in [0.29, 0.717) is 18.0 Å². The van der Waals surface area contributed by atoms with E-state index in [4.69, 9.17) is 13.6 Å². The van der Waals surface area contributed by atoms with Crippen molar-refractivity contribution < 1.29 is 23.2 Å². The zero-order valence-electron chi connectivity index (χ0n) is 16.3. The van der Waals surface area contributed by atoms with Crippen molar-refractivity contribution in [2.75, 3.05) is 32.6 Å². The van der Waals surface area contributed by atoms with Gasteiger partial charge in [0.25, 0.3) is 11.8 Å². The molecule has 2 heterocycles. The highest BCUT2D eigenvalue weighted by molar-refractivity contribution is 6.02. The maximum Gasteiger partial charge on any atom is 0.291 e. The van der Waals surface area contributed by atoms with E-state index < -0.39 is 0 Å². The summed E-state index contributed by atoms with van der Waals surface area (Å²) in [6.45, 7) is 0.246. The fourth-order valence-electron chi connectivity index (χ4n) is 2.69. The number of furan rings is 2. The van der Waals surface area contributed by atoms with Crippen molar-refractivity contribution in [2.24, 2.45) is 0 Å². The van der Waals surface area contributed by atoms with Crippen molar-refractivity contribution >= 4 is 17.5 Å². The van der Waals surface area contributed by atoms with Crippen LogP contribution in [0.1, 0.15) is 22.4 Å². The lowest BCUT2D eigenvalue weighted by Gasteiger charge is -2.22.